The number of rotatable bonds is 3. The van der Waals surface area contributed by atoms with Crippen molar-refractivity contribution in [3.05, 3.63) is 65.4 Å². The van der Waals surface area contributed by atoms with E-state index in [2.05, 4.69) is 47.6 Å². The Bertz CT molecular complexity index is 769. The van der Waals surface area contributed by atoms with Gasteiger partial charge in [0.1, 0.15) is 0 Å². The molecule has 0 radical (unpaired) electrons. The monoisotopic (exact) mass is 263 g/mol. The van der Waals surface area contributed by atoms with Gasteiger partial charge < -0.3 is 4.98 Å². The van der Waals surface area contributed by atoms with E-state index in [-0.39, 0.29) is 0 Å². The normalized spacial score (nSPS) is 11.3. The average Bonchev–Trinajstić information content (AvgIpc) is 2.77. The fourth-order valence-electron chi connectivity index (χ4n) is 2.33. The van der Waals surface area contributed by atoms with Crippen molar-refractivity contribution in [2.45, 2.75) is 13.8 Å². The first-order valence-corrected chi connectivity index (χ1v) is 6.68. The van der Waals surface area contributed by atoms with E-state index in [0.717, 1.165) is 22.5 Å². The Morgan fingerprint density at radius 2 is 1.75 bits per heavy atom. The minimum Gasteiger partial charge on any atom is -0.358 e. The second kappa shape index (κ2) is 5.21. The molecule has 0 atom stereocenters. The van der Waals surface area contributed by atoms with E-state index in [1.807, 2.05) is 36.5 Å². The third-order valence-electron chi connectivity index (χ3n) is 3.47. The van der Waals surface area contributed by atoms with Crippen LogP contribution in [0, 0.1) is 13.8 Å². The highest BCUT2D eigenvalue weighted by atomic mass is 15.3. The maximum Gasteiger partial charge on any atom is 0.0590 e. The van der Waals surface area contributed by atoms with Gasteiger partial charge in [0.15, 0.2) is 0 Å². The summed E-state index contributed by atoms with van der Waals surface area (Å²) in [6, 6.07) is 16.4. The Morgan fingerprint density at radius 3 is 2.60 bits per heavy atom. The number of anilines is 1. The molecule has 0 saturated carbocycles. The van der Waals surface area contributed by atoms with Gasteiger partial charge in [-0.1, -0.05) is 36.4 Å². The Hall–Kier alpha value is -2.55. The minimum absolute atomic E-state index is 1.03. The van der Waals surface area contributed by atoms with Crippen LogP contribution in [0.4, 0.5) is 5.69 Å². The molecule has 0 unspecified atom stereocenters. The summed E-state index contributed by atoms with van der Waals surface area (Å²) in [5.41, 5.74) is 8.70. The molecule has 2 N–H and O–H groups in total. The molecule has 3 nitrogen and oxygen atoms in total. The van der Waals surface area contributed by atoms with Crippen LogP contribution in [0.25, 0.3) is 10.9 Å². The summed E-state index contributed by atoms with van der Waals surface area (Å²) in [6.07, 6.45) is 1.88. The molecular formula is C17H17N3. The van der Waals surface area contributed by atoms with Gasteiger partial charge in [-0.25, -0.2) is 0 Å². The number of H-pyrrole nitrogens is 1. The molecule has 0 saturated heterocycles. The highest BCUT2D eigenvalue weighted by molar-refractivity contribution is 6.00. The number of hydrogen-bond donors (Lipinski definition) is 2. The van der Waals surface area contributed by atoms with Crippen molar-refractivity contribution in [2.24, 2.45) is 5.10 Å². The fraction of sp³-hybridized carbons (Fsp3) is 0.118. The largest absolute Gasteiger partial charge is 0.358 e. The number of hydrazone groups is 1. The van der Waals surface area contributed by atoms with Crippen molar-refractivity contribution < 1.29 is 0 Å². The molecule has 1 aromatic heterocycles. The van der Waals surface area contributed by atoms with E-state index in [0.29, 0.717) is 0 Å². The first-order chi connectivity index (χ1) is 9.75. The lowest BCUT2D eigenvalue weighted by Gasteiger charge is -2.03. The summed E-state index contributed by atoms with van der Waals surface area (Å²) in [5, 5.41) is 5.56. The van der Waals surface area contributed by atoms with E-state index >= 15 is 0 Å². The Kier molecular flexibility index (Phi) is 3.25. The van der Waals surface area contributed by atoms with Crippen molar-refractivity contribution in [1.82, 2.24) is 4.98 Å². The zero-order valence-electron chi connectivity index (χ0n) is 11.6. The molecule has 0 aliphatic carbocycles. The number of aromatic nitrogens is 1. The third kappa shape index (κ3) is 2.30. The predicted octanol–water partition coefficient (Wildman–Crippen LogP) is 4.23. The molecule has 2 aromatic carbocycles. The lowest BCUT2D eigenvalue weighted by Crippen LogP contribution is -1.93. The van der Waals surface area contributed by atoms with Crippen LogP contribution in [0.15, 0.2) is 53.6 Å². The summed E-state index contributed by atoms with van der Waals surface area (Å²) < 4.78 is 0. The summed E-state index contributed by atoms with van der Waals surface area (Å²) in [4.78, 5) is 3.37. The van der Waals surface area contributed by atoms with E-state index in [1.165, 1.54) is 10.9 Å². The van der Waals surface area contributed by atoms with Gasteiger partial charge in [0.2, 0.25) is 0 Å². The van der Waals surface area contributed by atoms with Gasteiger partial charge in [-0.2, -0.15) is 5.10 Å². The summed E-state index contributed by atoms with van der Waals surface area (Å²) >= 11 is 0. The number of para-hydroxylation sites is 2. The van der Waals surface area contributed by atoms with Crippen LogP contribution in [-0.2, 0) is 0 Å². The predicted molar refractivity (Wildman–Crippen MR) is 85.4 cm³/mol. The SMILES string of the molecule is Cc1ccccc1N/N=C/c1c(C)[nH]c2ccccc12. The van der Waals surface area contributed by atoms with Gasteiger partial charge in [0.05, 0.1) is 11.9 Å². The van der Waals surface area contributed by atoms with Crippen LogP contribution in [0.2, 0.25) is 0 Å². The van der Waals surface area contributed by atoms with Crippen LogP contribution in [0.3, 0.4) is 0 Å². The Morgan fingerprint density at radius 1 is 1.00 bits per heavy atom. The van der Waals surface area contributed by atoms with Crippen molar-refractivity contribution in [1.29, 1.82) is 0 Å². The molecule has 0 aliphatic rings. The highest BCUT2D eigenvalue weighted by Crippen LogP contribution is 2.20. The number of nitrogens with one attached hydrogen (secondary N) is 2. The van der Waals surface area contributed by atoms with Gasteiger partial charge in [0.25, 0.3) is 0 Å². The number of hydrogen-bond acceptors (Lipinski definition) is 2. The second-order valence-corrected chi connectivity index (χ2v) is 4.89. The van der Waals surface area contributed by atoms with E-state index in [4.69, 9.17) is 0 Å². The molecule has 3 rings (SSSR count). The molecule has 0 bridgehead atoms. The Balaban J connectivity index is 1.88. The Labute approximate surface area is 118 Å². The molecule has 100 valence electrons. The molecule has 0 fully saturated rings. The van der Waals surface area contributed by atoms with E-state index in [9.17, 15) is 0 Å². The van der Waals surface area contributed by atoms with Gasteiger partial charge in [-0.3, -0.25) is 5.43 Å². The number of aryl methyl sites for hydroxylation is 2. The summed E-state index contributed by atoms with van der Waals surface area (Å²) in [5.74, 6) is 0. The molecule has 3 heteroatoms. The van der Waals surface area contributed by atoms with Crippen LogP contribution in [0.1, 0.15) is 16.8 Å². The van der Waals surface area contributed by atoms with Crippen molar-refractivity contribution in [2.75, 3.05) is 5.43 Å². The lowest BCUT2D eigenvalue weighted by molar-refractivity contribution is 1.28. The van der Waals surface area contributed by atoms with Crippen molar-refractivity contribution in [3.63, 3.8) is 0 Å². The van der Waals surface area contributed by atoms with Gasteiger partial charge >= 0.3 is 0 Å². The first kappa shape index (κ1) is 12.5. The van der Waals surface area contributed by atoms with Crippen molar-refractivity contribution in [3.8, 4) is 0 Å². The van der Waals surface area contributed by atoms with E-state index < -0.39 is 0 Å². The lowest BCUT2D eigenvalue weighted by atomic mass is 10.1. The quantitative estimate of drug-likeness (QED) is 0.538. The molecule has 0 amide bonds. The number of nitrogens with zero attached hydrogens (tertiary/aromatic N) is 1. The molecule has 0 spiro atoms. The topological polar surface area (TPSA) is 40.2 Å². The maximum absolute atomic E-state index is 4.36. The van der Waals surface area contributed by atoms with Crippen LogP contribution in [-0.4, -0.2) is 11.2 Å². The third-order valence-corrected chi connectivity index (χ3v) is 3.47. The molecule has 20 heavy (non-hydrogen) atoms. The molecular weight excluding hydrogens is 246 g/mol. The number of fused-ring (bicyclic) bond motifs is 1. The average molecular weight is 263 g/mol. The zero-order chi connectivity index (χ0) is 13.9. The first-order valence-electron chi connectivity index (χ1n) is 6.68. The standard InChI is InChI=1S/C17H17N3/c1-12-7-3-5-9-16(12)20-18-11-15-13(2)19-17-10-6-4-8-14(15)17/h3-11,19-20H,1-2H3/b18-11+. The van der Waals surface area contributed by atoms with Crippen LogP contribution < -0.4 is 5.43 Å². The summed E-state index contributed by atoms with van der Waals surface area (Å²) in [7, 11) is 0. The van der Waals surface area contributed by atoms with Gasteiger partial charge in [-0.05, 0) is 31.5 Å². The fourth-order valence-corrected chi connectivity index (χ4v) is 2.33. The zero-order valence-corrected chi connectivity index (χ0v) is 11.6. The number of benzene rings is 2. The van der Waals surface area contributed by atoms with Crippen LogP contribution >= 0.6 is 0 Å². The maximum atomic E-state index is 4.36. The molecule has 1 heterocycles. The van der Waals surface area contributed by atoms with Crippen LogP contribution in [0.5, 0.6) is 0 Å². The smallest absolute Gasteiger partial charge is 0.0590 e. The van der Waals surface area contributed by atoms with Crippen molar-refractivity contribution >= 4 is 22.8 Å². The summed E-state index contributed by atoms with van der Waals surface area (Å²) in [6.45, 7) is 4.13. The molecule has 0 aliphatic heterocycles. The highest BCUT2D eigenvalue weighted by Gasteiger charge is 2.04. The van der Waals surface area contributed by atoms with E-state index in [1.54, 1.807) is 0 Å². The van der Waals surface area contributed by atoms with Gasteiger partial charge in [0, 0.05) is 22.2 Å². The second-order valence-electron chi connectivity index (χ2n) is 4.89. The minimum atomic E-state index is 1.03. The number of aromatic amines is 1. The van der Waals surface area contributed by atoms with Gasteiger partial charge in [-0.15, -0.1) is 0 Å². The molecule has 3 aromatic rings.